The smallest absolute Gasteiger partial charge is 0.334 e. The zero-order chi connectivity index (χ0) is 22.7. The van der Waals surface area contributed by atoms with Gasteiger partial charge in [0.05, 0.1) is 4.90 Å². The quantitative estimate of drug-likeness (QED) is 0.635. The maximum absolute atomic E-state index is 12.7. The van der Waals surface area contributed by atoms with Gasteiger partial charge in [0.1, 0.15) is 5.82 Å². The van der Waals surface area contributed by atoms with Crippen LogP contribution in [0.1, 0.15) is 27.2 Å². The van der Waals surface area contributed by atoms with Crippen molar-refractivity contribution in [1.29, 1.82) is 0 Å². The standard InChI is InChI=1S/C23H22N4O4S/c1-16-7-10-19(11-8-16)32(30,31)26-23(29)25-21-12-9-18-15-27(14-13-20(18)24-21)22(28)17-5-3-2-4-6-17/h2-12H,13-15H2,1H3,(H2,24,25,26,29). The van der Waals surface area contributed by atoms with Crippen molar-refractivity contribution in [3.05, 3.63) is 89.1 Å². The fourth-order valence-corrected chi connectivity index (χ4v) is 4.37. The zero-order valence-corrected chi connectivity index (χ0v) is 18.2. The van der Waals surface area contributed by atoms with Gasteiger partial charge in [0.2, 0.25) is 0 Å². The minimum absolute atomic E-state index is 0.000162. The van der Waals surface area contributed by atoms with Crippen LogP contribution in [0.2, 0.25) is 0 Å². The van der Waals surface area contributed by atoms with Gasteiger partial charge >= 0.3 is 6.03 Å². The lowest BCUT2D eigenvalue weighted by Gasteiger charge is -2.28. The lowest BCUT2D eigenvalue weighted by atomic mass is 10.0. The predicted octanol–water partition coefficient (Wildman–Crippen LogP) is 3.10. The van der Waals surface area contributed by atoms with E-state index in [2.05, 4.69) is 10.3 Å². The minimum Gasteiger partial charge on any atom is -0.334 e. The minimum atomic E-state index is -3.99. The number of urea groups is 1. The molecule has 8 nitrogen and oxygen atoms in total. The molecule has 0 unspecified atom stereocenters. The molecule has 3 amide bonds. The summed E-state index contributed by atoms with van der Waals surface area (Å²) < 4.78 is 26.7. The molecule has 3 aromatic rings. The summed E-state index contributed by atoms with van der Waals surface area (Å²) in [4.78, 5) is 31.1. The number of nitrogens with zero attached hydrogens (tertiary/aromatic N) is 2. The number of benzene rings is 2. The SMILES string of the molecule is Cc1ccc(S(=O)(=O)NC(=O)Nc2ccc3c(n2)CCN(C(=O)c2ccccc2)C3)cc1. The highest BCUT2D eigenvalue weighted by molar-refractivity contribution is 7.90. The highest BCUT2D eigenvalue weighted by atomic mass is 32.2. The normalized spacial score (nSPS) is 13.2. The average molecular weight is 451 g/mol. The molecule has 164 valence electrons. The number of carbonyl (C=O) groups is 2. The second kappa shape index (κ2) is 8.80. The Morgan fingerprint density at radius 2 is 1.69 bits per heavy atom. The summed E-state index contributed by atoms with van der Waals surface area (Å²) in [7, 11) is -3.99. The van der Waals surface area contributed by atoms with E-state index >= 15 is 0 Å². The van der Waals surface area contributed by atoms with Crippen LogP contribution in [-0.4, -0.2) is 36.8 Å². The monoisotopic (exact) mass is 450 g/mol. The summed E-state index contributed by atoms with van der Waals surface area (Å²) in [6.07, 6.45) is 0.534. The van der Waals surface area contributed by atoms with Crippen LogP contribution in [0.5, 0.6) is 0 Å². The van der Waals surface area contributed by atoms with Gasteiger partial charge in [-0.15, -0.1) is 0 Å². The molecule has 0 saturated heterocycles. The molecule has 2 N–H and O–H groups in total. The van der Waals surface area contributed by atoms with Crippen LogP contribution in [0, 0.1) is 6.92 Å². The number of aryl methyl sites for hydroxylation is 1. The summed E-state index contributed by atoms with van der Waals surface area (Å²) >= 11 is 0. The van der Waals surface area contributed by atoms with E-state index < -0.39 is 16.1 Å². The predicted molar refractivity (Wildman–Crippen MR) is 120 cm³/mol. The molecule has 9 heteroatoms. The maximum Gasteiger partial charge on any atom is 0.334 e. The van der Waals surface area contributed by atoms with Crippen molar-refractivity contribution in [3.8, 4) is 0 Å². The Hall–Kier alpha value is -3.72. The van der Waals surface area contributed by atoms with Gasteiger partial charge in [0, 0.05) is 30.8 Å². The Bertz CT molecular complexity index is 1260. The second-order valence-electron chi connectivity index (χ2n) is 7.52. The number of aromatic nitrogens is 1. The number of carbonyl (C=O) groups excluding carboxylic acids is 2. The molecule has 0 bridgehead atoms. The summed E-state index contributed by atoms with van der Waals surface area (Å²) in [5.41, 5.74) is 3.20. The topological polar surface area (TPSA) is 108 Å². The molecule has 0 radical (unpaired) electrons. The Balaban J connectivity index is 1.41. The summed E-state index contributed by atoms with van der Waals surface area (Å²) in [6.45, 7) is 2.77. The fourth-order valence-electron chi connectivity index (χ4n) is 3.46. The van der Waals surface area contributed by atoms with Gasteiger partial charge < -0.3 is 4.90 Å². The molecule has 0 atom stereocenters. The van der Waals surface area contributed by atoms with Crippen LogP contribution in [0.4, 0.5) is 10.6 Å². The van der Waals surface area contributed by atoms with Gasteiger partial charge in [-0.05, 0) is 42.8 Å². The molecule has 0 saturated carbocycles. The van der Waals surface area contributed by atoms with Gasteiger partial charge in [-0.25, -0.2) is 22.9 Å². The number of hydrogen-bond donors (Lipinski definition) is 2. The number of sulfonamides is 1. The van der Waals surface area contributed by atoms with Crippen LogP contribution in [0.25, 0.3) is 0 Å². The number of amides is 3. The van der Waals surface area contributed by atoms with E-state index in [0.29, 0.717) is 25.1 Å². The highest BCUT2D eigenvalue weighted by Gasteiger charge is 2.23. The first-order chi connectivity index (χ1) is 15.3. The average Bonchev–Trinajstić information content (AvgIpc) is 2.78. The molecule has 1 aliphatic rings. The molecular formula is C23H22N4O4S. The van der Waals surface area contributed by atoms with Gasteiger partial charge in [0.15, 0.2) is 0 Å². The molecule has 0 aliphatic carbocycles. The van der Waals surface area contributed by atoms with Crippen molar-refractivity contribution in [1.82, 2.24) is 14.6 Å². The molecule has 2 aromatic carbocycles. The van der Waals surface area contributed by atoms with Crippen LogP contribution >= 0.6 is 0 Å². The van der Waals surface area contributed by atoms with Crippen LogP contribution in [-0.2, 0) is 23.0 Å². The number of pyridine rings is 1. The van der Waals surface area contributed by atoms with Crippen molar-refractivity contribution >= 4 is 27.8 Å². The van der Waals surface area contributed by atoms with Crippen molar-refractivity contribution in [3.63, 3.8) is 0 Å². The third-order valence-electron chi connectivity index (χ3n) is 5.16. The van der Waals surface area contributed by atoms with Crippen LogP contribution in [0.3, 0.4) is 0 Å². The first kappa shape index (κ1) is 21.5. The molecule has 32 heavy (non-hydrogen) atoms. The summed E-state index contributed by atoms with van der Waals surface area (Å²) in [5, 5.41) is 2.47. The van der Waals surface area contributed by atoms with Gasteiger partial charge in [0.25, 0.3) is 15.9 Å². The summed E-state index contributed by atoms with van der Waals surface area (Å²) in [6, 6.07) is 17.8. The van der Waals surface area contributed by atoms with E-state index in [0.717, 1.165) is 16.8 Å². The lowest BCUT2D eigenvalue weighted by Crippen LogP contribution is -2.37. The highest BCUT2D eigenvalue weighted by Crippen LogP contribution is 2.21. The van der Waals surface area contributed by atoms with E-state index in [4.69, 9.17) is 0 Å². The van der Waals surface area contributed by atoms with Crippen LogP contribution < -0.4 is 10.0 Å². The number of hydrogen-bond acceptors (Lipinski definition) is 5. The number of anilines is 1. The van der Waals surface area contributed by atoms with Gasteiger partial charge in [-0.3, -0.25) is 10.1 Å². The van der Waals surface area contributed by atoms with Gasteiger partial charge in [-0.1, -0.05) is 42.0 Å². The number of rotatable bonds is 4. The van der Waals surface area contributed by atoms with Crippen molar-refractivity contribution in [2.75, 3.05) is 11.9 Å². The van der Waals surface area contributed by atoms with Crippen LogP contribution in [0.15, 0.2) is 71.6 Å². The molecule has 1 aromatic heterocycles. The van der Waals surface area contributed by atoms with Crippen molar-refractivity contribution in [2.45, 2.75) is 24.8 Å². The maximum atomic E-state index is 12.7. The molecule has 0 fully saturated rings. The molecular weight excluding hydrogens is 428 g/mol. The summed E-state index contributed by atoms with van der Waals surface area (Å²) in [5.74, 6) is 0.197. The zero-order valence-electron chi connectivity index (χ0n) is 17.4. The Labute approximate surface area is 186 Å². The Kier molecular flexibility index (Phi) is 5.91. The van der Waals surface area contributed by atoms with Crippen molar-refractivity contribution < 1.29 is 18.0 Å². The second-order valence-corrected chi connectivity index (χ2v) is 9.20. The van der Waals surface area contributed by atoms with E-state index in [1.54, 1.807) is 41.3 Å². The Morgan fingerprint density at radius 3 is 2.41 bits per heavy atom. The third kappa shape index (κ3) is 4.78. The number of fused-ring (bicyclic) bond motifs is 1. The van der Waals surface area contributed by atoms with E-state index in [1.165, 1.54) is 12.1 Å². The lowest BCUT2D eigenvalue weighted by molar-refractivity contribution is 0.0733. The largest absolute Gasteiger partial charge is 0.334 e. The third-order valence-corrected chi connectivity index (χ3v) is 6.50. The molecule has 1 aliphatic heterocycles. The Morgan fingerprint density at radius 1 is 0.969 bits per heavy atom. The van der Waals surface area contributed by atoms with Gasteiger partial charge in [-0.2, -0.15) is 0 Å². The molecule has 0 spiro atoms. The first-order valence-corrected chi connectivity index (χ1v) is 11.5. The first-order valence-electron chi connectivity index (χ1n) is 10.1. The molecule has 4 rings (SSSR count). The van der Waals surface area contributed by atoms with E-state index in [9.17, 15) is 18.0 Å². The fraction of sp³-hybridized carbons (Fsp3) is 0.174. The van der Waals surface area contributed by atoms with E-state index in [-0.39, 0.29) is 16.6 Å². The van der Waals surface area contributed by atoms with E-state index in [1.807, 2.05) is 29.8 Å². The number of nitrogens with one attached hydrogen (secondary N) is 2. The van der Waals surface area contributed by atoms with Crippen molar-refractivity contribution in [2.24, 2.45) is 0 Å². The molecule has 2 heterocycles.